The van der Waals surface area contributed by atoms with Crippen LogP contribution in [0.1, 0.15) is 21.6 Å². The molecule has 1 N–H and O–H groups in total. The number of methoxy groups -OCH3 is 1. The van der Waals surface area contributed by atoms with Crippen molar-refractivity contribution in [2.75, 3.05) is 12.4 Å². The molecule has 4 rings (SSSR count). The van der Waals surface area contributed by atoms with Crippen molar-refractivity contribution in [2.45, 2.75) is 13.1 Å². The summed E-state index contributed by atoms with van der Waals surface area (Å²) in [6.07, 6.45) is -2.90. The van der Waals surface area contributed by atoms with E-state index < -0.39 is 17.6 Å². The molecule has 0 atom stereocenters. The average molecular weight is 467 g/mol. The molecule has 2 heterocycles. The van der Waals surface area contributed by atoms with Gasteiger partial charge in [0.1, 0.15) is 5.75 Å². The van der Waals surface area contributed by atoms with Gasteiger partial charge in [-0.25, -0.2) is 0 Å². The molecule has 0 aliphatic carbocycles. The van der Waals surface area contributed by atoms with Gasteiger partial charge >= 0.3 is 6.18 Å². The van der Waals surface area contributed by atoms with Gasteiger partial charge in [0.15, 0.2) is 0 Å². The summed E-state index contributed by atoms with van der Waals surface area (Å²) < 4.78 is 45.9. The molecule has 0 saturated heterocycles. The van der Waals surface area contributed by atoms with Crippen molar-refractivity contribution in [2.24, 2.45) is 7.05 Å². The Morgan fingerprint density at radius 3 is 2.56 bits per heavy atom. The number of aryl methyl sites for hydroxylation is 2. The average Bonchev–Trinajstić information content (AvgIpc) is 2.81. The number of alkyl halides is 3. The van der Waals surface area contributed by atoms with Crippen molar-refractivity contribution in [3.63, 3.8) is 0 Å². The Kier molecular flexibility index (Phi) is 5.87. The Morgan fingerprint density at radius 2 is 1.85 bits per heavy atom. The van der Waals surface area contributed by atoms with Gasteiger partial charge in [-0.05, 0) is 55.0 Å². The minimum absolute atomic E-state index is 0.151. The Bertz CT molecular complexity index is 1480. The van der Waals surface area contributed by atoms with Crippen LogP contribution >= 0.6 is 0 Å². The number of rotatable bonds is 4. The summed E-state index contributed by atoms with van der Waals surface area (Å²) in [5.74, 6) is -0.364. The van der Waals surface area contributed by atoms with E-state index in [1.54, 1.807) is 31.4 Å². The highest BCUT2D eigenvalue weighted by molar-refractivity contribution is 6.04. The fraction of sp³-hybridized carbons (Fsp3) is 0.160. The molecule has 0 saturated carbocycles. The quantitative estimate of drug-likeness (QED) is 0.449. The number of amides is 1. The molecule has 0 radical (unpaired) electrons. The number of benzene rings is 2. The number of nitrogens with zero attached hydrogens (tertiary/aromatic N) is 2. The van der Waals surface area contributed by atoms with Crippen LogP contribution in [0.5, 0.6) is 5.75 Å². The maximum Gasteiger partial charge on any atom is 0.416 e. The van der Waals surface area contributed by atoms with E-state index in [9.17, 15) is 22.8 Å². The molecule has 0 fully saturated rings. The van der Waals surface area contributed by atoms with Crippen LogP contribution in [0.2, 0.25) is 0 Å². The molecule has 6 nitrogen and oxygen atoms in total. The number of anilines is 1. The zero-order chi connectivity index (χ0) is 24.6. The van der Waals surface area contributed by atoms with Crippen molar-refractivity contribution in [1.29, 1.82) is 0 Å². The van der Waals surface area contributed by atoms with Crippen LogP contribution in [0, 0.1) is 6.92 Å². The van der Waals surface area contributed by atoms with Gasteiger partial charge in [0.25, 0.3) is 11.5 Å². The number of aromatic nitrogens is 2. The Balaban J connectivity index is 1.75. The minimum atomic E-state index is -4.57. The van der Waals surface area contributed by atoms with Gasteiger partial charge in [0, 0.05) is 47.2 Å². The number of fused-ring (bicyclic) bond motifs is 1. The van der Waals surface area contributed by atoms with E-state index in [1.807, 2.05) is 13.0 Å². The van der Waals surface area contributed by atoms with Crippen LogP contribution in [-0.2, 0) is 13.2 Å². The predicted octanol–water partition coefficient (Wildman–Crippen LogP) is 5.19. The topological polar surface area (TPSA) is 73.2 Å². The lowest BCUT2D eigenvalue weighted by Gasteiger charge is -2.13. The first-order valence-corrected chi connectivity index (χ1v) is 10.2. The van der Waals surface area contributed by atoms with E-state index in [0.717, 1.165) is 28.7 Å². The Hall–Kier alpha value is -4.14. The van der Waals surface area contributed by atoms with Crippen molar-refractivity contribution < 1.29 is 22.7 Å². The van der Waals surface area contributed by atoms with Gasteiger partial charge in [-0.3, -0.25) is 14.6 Å². The minimum Gasteiger partial charge on any atom is -0.497 e. The third-order valence-electron chi connectivity index (χ3n) is 5.41. The molecule has 34 heavy (non-hydrogen) atoms. The summed E-state index contributed by atoms with van der Waals surface area (Å²) in [6, 6.07) is 12.4. The number of pyridine rings is 2. The molecule has 0 bridgehead atoms. The number of carbonyl (C=O) groups excluding carboxylic acids is 1. The highest BCUT2D eigenvalue weighted by Crippen LogP contribution is 2.31. The molecule has 174 valence electrons. The van der Waals surface area contributed by atoms with Crippen LogP contribution in [0.25, 0.3) is 22.0 Å². The summed E-state index contributed by atoms with van der Waals surface area (Å²) >= 11 is 0. The van der Waals surface area contributed by atoms with Crippen LogP contribution in [0.4, 0.5) is 18.9 Å². The molecule has 2 aromatic heterocycles. The Morgan fingerprint density at radius 1 is 1.09 bits per heavy atom. The van der Waals surface area contributed by atoms with Gasteiger partial charge in [0.2, 0.25) is 0 Å². The highest BCUT2D eigenvalue weighted by Gasteiger charge is 2.31. The summed E-state index contributed by atoms with van der Waals surface area (Å²) in [7, 11) is 3.09. The van der Waals surface area contributed by atoms with Crippen LogP contribution in [0.3, 0.4) is 0 Å². The number of ether oxygens (including phenoxy) is 1. The lowest BCUT2D eigenvalue weighted by atomic mass is 10.0. The van der Waals surface area contributed by atoms with E-state index >= 15 is 0 Å². The van der Waals surface area contributed by atoms with Gasteiger partial charge in [-0.2, -0.15) is 13.2 Å². The molecular formula is C25H20F3N3O3. The lowest BCUT2D eigenvalue weighted by Crippen LogP contribution is -2.19. The van der Waals surface area contributed by atoms with Gasteiger partial charge in [-0.1, -0.05) is 6.07 Å². The maximum absolute atomic E-state index is 13.1. The molecule has 2 aromatic carbocycles. The number of hydrogen-bond donors (Lipinski definition) is 1. The first-order chi connectivity index (χ1) is 16.1. The monoisotopic (exact) mass is 467 g/mol. The molecule has 0 aliphatic heterocycles. The molecule has 1 amide bonds. The molecule has 4 aromatic rings. The zero-order valence-corrected chi connectivity index (χ0v) is 18.5. The van der Waals surface area contributed by atoms with Crippen molar-refractivity contribution >= 4 is 22.5 Å². The SMILES string of the molecule is COc1cc(NC(=O)c2cccc(C(F)(F)F)c2)cc(-c2cc3cnc(C)cc3n(C)c2=O)c1. The van der Waals surface area contributed by atoms with Gasteiger partial charge in [0.05, 0.1) is 18.2 Å². The molecule has 0 unspecified atom stereocenters. The van der Waals surface area contributed by atoms with Crippen molar-refractivity contribution in [3.8, 4) is 16.9 Å². The van der Waals surface area contributed by atoms with Crippen LogP contribution in [-0.4, -0.2) is 22.6 Å². The van der Waals surface area contributed by atoms with E-state index in [-0.39, 0.29) is 16.8 Å². The molecular weight excluding hydrogens is 447 g/mol. The summed E-state index contributed by atoms with van der Waals surface area (Å²) in [5, 5.41) is 3.34. The second-order valence-corrected chi connectivity index (χ2v) is 7.79. The smallest absolute Gasteiger partial charge is 0.416 e. The number of hydrogen-bond acceptors (Lipinski definition) is 4. The molecule has 0 spiro atoms. The summed E-state index contributed by atoms with van der Waals surface area (Å²) in [6.45, 7) is 1.83. The van der Waals surface area contributed by atoms with E-state index in [1.165, 1.54) is 29.9 Å². The lowest BCUT2D eigenvalue weighted by molar-refractivity contribution is -0.137. The Labute approximate surface area is 192 Å². The van der Waals surface area contributed by atoms with E-state index in [2.05, 4.69) is 10.3 Å². The van der Waals surface area contributed by atoms with Crippen LogP contribution in [0.15, 0.2) is 65.6 Å². The first kappa shape index (κ1) is 23.0. The fourth-order valence-corrected chi connectivity index (χ4v) is 3.66. The van der Waals surface area contributed by atoms with E-state index in [0.29, 0.717) is 16.9 Å². The number of carbonyl (C=O) groups is 1. The highest BCUT2D eigenvalue weighted by atomic mass is 19.4. The normalized spacial score (nSPS) is 11.5. The fourth-order valence-electron chi connectivity index (χ4n) is 3.66. The third kappa shape index (κ3) is 4.50. The second-order valence-electron chi connectivity index (χ2n) is 7.79. The van der Waals surface area contributed by atoms with Crippen molar-refractivity contribution in [1.82, 2.24) is 9.55 Å². The van der Waals surface area contributed by atoms with Crippen molar-refractivity contribution in [3.05, 3.63) is 88.0 Å². The summed E-state index contributed by atoms with van der Waals surface area (Å²) in [4.78, 5) is 30.0. The zero-order valence-electron chi connectivity index (χ0n) is 18.5. The number of halogens is 3. The van der Waals surface area contributed by atoms with Crippen LogP contribution < -0.4 is 15.6 Å². The second kappa shape index (κ2) is 8.66. The largest absolute Gasteiger partial charge is 0.497 e. The number of nitrogens with one attached hydrogen (secondary N) is 1. The standard InChI is InChI=1S/C25H20F3N3O3/c1-14-7-22-17(13-29-14)11-21(24(33)31(22)2)16-9-19(12-20(10-16)34-3)30-23(32)15-5-4-6-18(8-15)25(26,27)28/h4-13H,1-3H3,(H,30,32). The maximum atomic E-state index is 13.1. The van der Waals surface area contributed by atoms with Gasteiger partial charge in [-0.15, -0.1) is 0 Å². The summed E-state index contributed by atoms with van der Waals surface area (Å²) in [5.41, 5.74) is 1.26. The predicted molar refractivity (Wildman–Crippen MR) is 123 cm³/mol. The van der Waals surface area contributed by atoms with E-state index in [4.69, 9.17) is 4.74 Å². The third-order valence-corrected chi connectivity index (χ3v) is 5.41. The van der Waals surface area contributed by atoms with Gasteiger partial charge < -0.3 is 14.6 Å². The first-order valence-electron chi connectivity index (χ1n) is 10.2. The molecule has 0 aliphatic rings. The molecule has 9 heteroatoms.